The van der Waals surface area contributed by atoms with Crippen molar-refractivity contribution < 1.29 is 9.59 Å². The fourth-order valence-corrected chi connectivity index (χ4v) is 1.86. The zero-order chi connectivity index (χ0) is 12.6. The van der Waals surface area contributed by atoms with Crippen LogP contribution in [0.5, 0.6) is 0 Å². The average molecular weight is 230 g/mol. The summed E-state index contributed by atoms with van der Waals surface area (Å²) in [4.78, 5) is 27.4. The molecule has 0 aliphatic carbocycles. The molecule has 0 bridgehead atoms. The van der Waals surface area contributed by atoms with Crippen molar-refractivity contribution >= 4 is 17.4 Å². The van der Waals surface area contributed by atoms with Crippen LogP contribution in [0.4, 0.5) is 5.69 Å². The van der Waals surface area contributed by atoms with Gasteiger partial charge in [0.2, 0.25) is 5.78 Å². The van der Waals surface area contributed by atoms with Crippen LogP contribution >= 0.6 is 0 Å². The Morgan fingerprint density at radius 1 is 1.18 bits per heavy atom. The molecule has 17 heavy (non-hydrogen) atoms. The highest BCUT2D eigenvalue weighted by atomic mass is 16.2. The number of Topliss-reactive ketones (excluding diaryl/α,β-unsaturated/α-hetero) is 1. The highest BCUT2D eigenvalue weighted by Gasteiger charge is 2.32. The van der Waals surface area contributed by atoms with Crippen LogP contribution in [-0.4, -0.2) is 37.7 Å². The predicted octanol–water partition coefficient (Wildman–Crippen LogP) is 1.29. The summed E-state index contributed by atoms with van der Waals surface area (Å²) in [7, 11) is 5.25. The van der Waals surface area contributed by atoms with E-state index in [1.54, 1.807) is 50.4 Å². The van der Waals surface area contributed by atoms with Gasteiger partial charge in [0.05, 0.1) is 5.69 Å². The Bertz CT molecular complexity index is 518. The summed E-state index contributed by atoms with van der Waals surface area (Å²) in [6, 6.07) is 7.13. The number of carbonyl (C=O) groups excluding carboxylic acids is 2. The summed E-state index contributed by atoms with van der Waals surface area (Å²) in [6.45, 7) is 0. The first-order valence-corrected chi connectivity index (χ1v) is 5.32. The van der Waals surface area contributed by atoms with Gasteiger partial charge in [-0.25, -0.2) is 0 Å². The third kappa shape index (κ3) is 1.82. The van der Waals surface area contributed by atoms with Crippen molar-refractivity contribution in [3.05, 3.63) is 41.6 Å². The van der Waals surface area contributed by atoms with Crippen molar-refractivity contribution in [2.24, 2.45) is 0 Å². The van der Waals surface area contributed by atoms with Crippen LogP contribution < -0.4 is 4.90 Å². The number of amides is 1. The fraction of sp³-hybridized carbons (Fsp3) is 0.231. The molecule has 0 unspecified atom stereocenters. The maximum absolute atomic E-state index is 12.2. The summed E-state index contributed by atoms with van der Waals surface area (Å²) in [5.74, 6) is -0.472. The van der Waals surface area contributed by atoms with E-state index in [1.807, 2.05) is 6.07 Å². The fourth-order valence-electron chi connectivity index (χ4n) is 1.86. The molecule has 4 nitrogen and oxygen atoms in total. The number of nitrogens with zero attached hydrogens (tertiary/aromatic N) is 2. The van der Waals surface area contributed by atoms with Gasteiger partial charge in [-0.3, -0.25) is 9.59 Å². The Hall–Kier alpha value is -2.10. The van der Waals surface area contributed by atoms with Gasteiger partial charge < -0.3 is 9.80 Å². The summed E-state index contributed by atoms with van der Waals surface area (Å²) < 4.78 is 0. The molecule has 4 heteroatoms. The molecule has 1 heterocycles. The average Bonchev–Trinajstić information content (AvgIpc) is 2.31. The Morgan fingerprint density at radius 2 is 1.82 bits per heavy atom. The molecule has 1 aliphatic rings. The summed E-state index contributed by atoms with van der Waals surface area (Å²) in [6.07, 6.45) is 1.57. The highest BCUT2D eigenvalue weighted by molar-refractivity contribution is 6.34. The second-order valence-electron chi connectivity index (χ2n) is 4.22. The van der Waals surface area contributed by atoms with E-state index in [4.69, 9.17) is 0 Å². The first kappa shape index (κ1) is 11.4. The number of likely N-dealkylation sites (N-methyl/N-ethyl adjacent to an activating group) is 1. The van der Waals surface area contributed by atoms with E-state index >= 15 is 0 Å². The Labute approximate surface area is 100 Å². The normalized spacial score (nSPS) is 17.4. The molecule has 0 atom stereocenters. The second-order valence-corrected chi connectivity index (χ2v) is 4.22. The van der Waals surface area contributed by atoms with Gasteiger partial charge >= 0.3 is 0 Å². The predicted molar refractivity (Wildman–Crippen MR) is 66.0 cm³/mol. The molecule has 0 aromatic heterocycles. The van der Waals surface area contributed by atoms with Crippen molar-refractivity contribution in [3.8, 4) is 0 Å². The van der Waals surface area contributed by atoms with Crippen LogP contribution in [0, 0.1) is 0 Å². The third-order valence-electron chi connectivity index (χ3n) is 2.68. The number of fused-ring (bicyclic) bond motifs is 1. The number of ketones is 1. The molecular formula is C13H14N2O2. The molecule has 0 radical (unpaired) electrons. The number of hydrogen-bond donors (Lipinski definition) is 0. The largest absolute Gasteiger partial charge is 0.383 e. The SMILES string of the molecule is CN(C)C=C1C(=O)c2ccccc2N(C)C1=O. The first-order valence-electron chi connectivity index (χ1n) is 5.32. The van der Waals surface area contributed by atoms with Gasteiger partial charge in [0.25, 0.3) is 5.91 Å². The lowest BCUT2D eigenvalue weighted by Gasteiger charge is -2.26. The Morgan fingerprint density at radius 3 is 2.47 bits per heavy atom. The Balaban J connectivity index is 2.59. The minimum absolute atomic E-state index is 0.205. The molecule has 1 aliphatic heterocycles. The molecule has 2 rings (SSSR count). The van der Waals surface area contributed by atoms with Crippen LogP contribution in [0.15, 0.2) is 36.0 Å². The van der Waals surface area contributed by atoms with Gasteiger partial charge in [0, 0.05) is 32.9 Å². The van der Waals surface area contributed by atoms with E-state index in [1.165, 1.54) is 4.90 Å². The second kappa shape index (κ2) is 4.05. The number of anilines is 1. The standard InChI is InChI=1S/C13H14N2O2/c1-14(2)8-10-12(16)9-6-4-5-7-11(9)15(3)13(10)17/h4-8H,1-3H3. The molecule has 0 spiro atoms. The molecule has 1 aromatic carbocycles. The van der Waals surface area contributed by atoms with Gasteiger partial charge in [-0.15, -0.1) is 0 Å². The summed E-state index contributed by atoms with van der Waals surface area (Å²) in [5.41, 5.74) is 1.44. The molecule has 0 fully saturated rings. The van der Waals surface area contributed by atoms with Crippen LogP contribution in [0.3, 0.4) is 0 Å². The van der Waals surface area contributed by atoms with Crippen LogP contribution in [-0.2, 0) is 4.79 Å². The topological polar surface area (TPSA) is 40.6 Å². The molecule has 0 saturated carbocycles. The summed E-state index contributed by atoms with van der Waals surface area (Å²) in [5, 5.41) is 0. The van der Waals surface area contributed by atoms with E-state index in [0.717, 1.165) is 0 Å². The van der Waals surface area contributed by atoms with E-state index in [0.29, 0.717) is 11.3 Å². The molecule has 1 aromatic rings. The third-order valence-corrected chi connectivity index (χ3v) is 2.68. The number of para-hydroxylation sites is 1. The van der Waals surface area contributed by atoms with Gasteiger partial charge in [0.1, 0.15) is 5.57 Å². The van der Waals surface area contributed by atoms with Crippen molar-refractivity contribution in [1.29, 1.82) is 0 Å². The molecule has 0 N–H and O–H groups in total. The number of benzene rings is 1. The lowest BCUT2D eigenvalue weighted by Crippen LogP contribution is -2.37. The van der Waals surface area contributed by atoms with E-state index in [9.17, 15) is 9.59 Å². The molecule has 88 valence electrons. The van der Waals surface area contributed by atoms with Crippen molar-refractivity contribution in [3.63, 3.8) is 0 Å². The van der Waals surface area contributed by atoms with Crippen LogP contribution in [0.1, 0.15) is 10.4 Å². The monoisotopic (exact) mass is 230 g/mol. The number of hydrogen-bond acceptors (Lipinski definition) is 3. The highest BCUT2D eigenvalue weighted by Crippen LogP contribution is 2.28. The lowest BCUT2D eigenvalue weighted by atomic mass is 9.96. The van der Waals surface area contributed by atoms with E-state index < -0.39 is 0 Å². The Kier molecular flexibility index (Phi) is 2.71. The van der Waals surface area contributed by atoms with Gasteiger partial charge in [-0.1, -0.05) is 12.1 Å². The van der Waals surface area contributed by atoms with E-state index in [-0.39, 0.29) is 17.3 Å². The minimum Gasteiger partial charge on any atom is -0.383 e. The maximum atomic E-state index is 12.2. The quantitative estimate of drug-likeness (QED) is 0.539. The number of rotatable bonds is 1. The van der Waals surface area contributed by atoms with Crippen molar-refractivity contribution in [2.45, 2.75) is 0 Å². The zero-order valence-electron chi connectivity index (χ0n) is 10.1. The maximum Gasteiger partial charge on any atom is 0.263 e. The minimum atomic E-state index is -0.262. The lowest BCUT2D eigenvalue weighted by molar-refractivity contribution is -0.114. The zero-order valence-corrected chi connectivity index (χ0v) is 10.1. The van der Waals surface area contributed by atoms with Gasteiger partial charge in [-0.05, 0) is 12.1 Å². The molecule has 0 saturated heterocycles. The van der Waals surface area contributed by atoms with Crippen LogP contribution in [0.25, 0.3) is 0 Å². The smallest absolute Gasteiger partial charge is 0.263 e. The summed E-state index contributed by atoms with van der Waals surface area (Å²) >= 11 is 0. The van der Waals surface area contributed by atoms with Gasteiger partial charge in [-0.2, -0.15) is 0 Å². The van der Waals surface area contributed by atoms with Crippen molar-refractivity contribution in [2.75, 3.05) is 26.0 Å². The van der Waals surface area contributed by atoms with E-state index in [2.05, 4.69) is 0 Å². The van der Waals surface area contributed by atoms with Crippen LogP contribution in [0.2, 0.25) is 0 Å². The number of carbonyl (C=O) groups is 2. The first-order chi connectivity index (χ1) is 8.02. The van der Waals surface area contributed by atoms with Gasteiger partial charge in [0.15, 0.2) is 0 Å². The molecule has 1 amide bonds. The molecular weight excluding hydrogens is 216 g/mol. The van der Waals surface area contributed by atoms with Crippen molar-refractivity contribution in [1.82, 2.24) is 4.90 Å².